The van der Waals surface area contributed by atoms with Crippen molar-refractivity contribution < 1.29 is 9.47 Å². The highest BCUT2D eigenvalue weighted by Crippen LogP contribution is 2.27. The van der Waals surface area contributed by atoms with E-state index in [0.29, 0.717) is 11.7 Å². The van der Waals surface area contributed by atoms with E-state index in [1.807, 2.05) is 24.3 Å². The maximum Gasteiger partial charge on any atom is 0.160 e. The Morgan fingerprint density at radius 2 is 1.48 bits per heavy atom. The number of methoxy groups -OCH3 is 2. The predicted octanol–water partition coefficient (Wildman–Crippen LogP) is 5.16. The number of thioether (sulfide) groups is 1. The summed E-state index contributed by atoms with van der Waals surface area (Å²) >= 11 is 1.56. The Bertz CT molecular complexity index is 941. The number of hydrogen-bond acceptors (Lipinski definition) is 4. The molecule has 5 heteroatoms. The van der Waals surface area contributed by atoms with E-state index >= 15 is 0 Å². The average Bonchev–Trinajstić information content (AvgIpc) is 2.78. The van der Waals surface area contributed by atoms with Crippen molar-refractivity contribution in [3.63, 3.8) is 0 Å². The van der Waals surface area contributed by atoms with E-state index in [1.165, 1.54) is 16.7 Å². The molecule has 0 unspecified atom stereocenters. The van der Waals surface area contributed by atoms with Gasteiger partial charge in [-0.05, 0) is 40.8 Å². The van der Waals surface area contributed by atoms with Crippen molar-refractivity contribution in [3.8, 4) is 22.6 Å². The molecule has 0 spiro atoms. The third-order valence-electron chi connectivity index (χ3n) is 4.56. The van der Waals surface area contributed by atoms with Gasteiger partial charge in [0.05, 0.1) is 14.2 Å². The molecule has 0 saturated carbocycles. The Morgan fingerprint density at radius 3 is 2.17 bits per heavy atom. The van der Waals surface area contributed by atoms with E-state index in [-0.39, 0.29) is 0 Å². The summed E-state index contributed by atoms with van der Waals surface area (Å²) in [5.74, 6) is 2.27. The van der Waals surface area contributed by atoms with Gasteiger partial charge in [-0.2, -0.15) is 0 Å². The molecule has 2 N–H and O–H groups in total. The fraction of sp³-hybridized carbons (Fsp3) is 0.208. The number of rotatable bonds is 8. The van der Waals surface area contributed by atoms with Crippen LogP contribution in [-0.2, 0) is 12.2 Å². The van der Waals surface area contributed by atoms with E-state index in [0.717, 1.165) is 29.2 Å². The molecule has 150 valence electrons. The van der Waals surface area contributed by atoms with Gasteiger partial charge in [-0.15, -0.1) is 0 Å². The number of nitrogens with zero attached hydrogens (tertiary/aromatic N) is 1. The fourth-order valence-electron chi connectivity index (χ4n) is 2.96. The van der Waals surface area contributed by atoms with Crippen LogP contribution in [0.5, 0.6) is 11.5 Å². The first-order chi connectivity index (χ1) is 14.2. The second kappa shape index (κ2) is 10.6. The lowest BCUT2D eigenvalue weighted by Gasteiger charge is -2.09. The third kappa shape index (κ3) is 6.03. The van der Waals surface area contributed by atoms with Crippen molar-refractivity contribution in [2.45, 2.75) is 12.2 Å². The molecule has 0 fully saturated rings. The summed E-state index contributed by atoms with van der Waals surface area (Å²) in [6.07, 6.45) is 0.799. The Morgan fingerprint density at radius 1 is 0.828 bits per heavy atom. The second-order valence-electron chi connectivity index (χ2n) is 6.51. The summed E-state index contributed by atoms with van der Waals surface area (Å²) in [6, 6.07) is 24.9. The number of benzene rings is 3. The Labute approximate surface area is 176 Å². The normalized spacial score (nSPS) is 11.3. The van der Waals surface area contributed by atoms with Crippen molar-refractivity contribution in [2.75, 3.05) is 20.8 Å². The van der Waals surface area contributed by atoms with Crippen molar-refractivity contribution in [1.29, 1.82) is 0 Å². The molecule has 0 atom stereocenters. The highest BCUT2D eigenvalue weighted by atomic mass is 32.2. The van der Waals surface area contributed by atoms with Gasteiger partial charge in [0, 0.05) is 12.3 Å². The van der Waals surface area contributed by atoms with Crippen molar-refractivity contribution in [1.82, 2.24) is 0 Å². The van der Waals surface area contributed by atoms with Crippen LogP contribution in [-0.4, -0.2) is 25.9 Å². The first kappa shape index (κ1) is 20.8. The zero-order valence-electron chi connectivity index (χ0n) is 16.8. The van der Waals surface area contributed by atoms with Crippen molar-refractivity contribution in [2.24, 2.45) is 10.7 Å². The monoisotopic (exact) mass is 406 g/mol. The summed E-state index contributed by atoms with van der Waals surface area (Å²) in [5.41, 5.74) is 10.9. The maximum atomic E-state index is 6.08. The lowest BCUT2D eigenvalue weighted by Crippen LogP contribution is -2.08. The summed E-state index contributed by atoms with van der Waals surface area (Å²) in [6.45, 7) is 0.640. The fourth-order valence-corrected chi connectivity index (χ4v) is 3.65. The smallest absolute Gasteiger partial charge is 0.160 e. The molecule has 3 rings (SSSR count). The zero-order valence-corrected chi connectivity index (χ0v) is 17.6. The lowest BCUT2D eigenvalue weighted by molar-refractivity contribution is 0.354. The molecule has 0 amide bonds. The van der Waals surface area contributed by atoms with Crippen LogP contribution >= 0.6 is 11.8 Å². The van der Waals surface area contributed by atoms with Crippen LogP contribution in [0.15, 0.2) is 77.8 Å². The Balaban J connectivity index is 1.49. The minimum atomic E-state index is 0.609. The first-order valence-corrected chi connectivity index (χ1v) is 10.5. The van der Waals surface area contributed by atoms with Gasteiger partial charge < -0.3 is 15.2 Å². The molecule has 0 bridgehead atoms. The summed E-state index contributed by atoms with van der Waals surface area (Å²) in [5, 5.41) is 0.609. The maximum absolute atomic E-state index is 6.08. The number of amidine groups is 1. The van der Waals surface area contributed by atoms with Crippen LogP contribution in [0.2, 0.25) is 0 Å². The van der Waals surface area contributed by atoms with Gasteiger partial charge in [0.1, 0.15) is 0 Å². The van der Waals surface area contributed by atoms with Gasteiger partial charge in [0.15, 0.2) is 16.7 Å². The van der Waals surface area contributed by atoms with Crippen molar-refractivity contribution >= 4 is 16.9 Å². The van der Waals surface area contributed by atoms with Gasteiger partial charge in [-0.3, -0.25) is 4.99 Å². The molecule has 0 aliphatic carbocycles. The highest BCUT2D eigenvalue weighted by Gasteiger charge is 2.04. The predicted molar refractivity (Wildman–Crippen MR) is 123 cm³/mol. The molecular weight excluding hydrogens is 380 g/mol. The molecule has 0 aliphatic heterocycles. The van der Waals surface area contributed by atoms with E-state index in [1.54, 1.807) is 26.0 Å². The van der Waals surface area contributed by atoms with Gasteiger partial charge in [0.25, 0.3) is 0 Å². The van der Waals surface area contributed by atoms with Gasteiger partial charge in [-0.1, -0.05) is 72.4 Å². The largest absolute Gasteiger partial charge is 0.493 e. The molecule has 0 radical (unpaired) electrons. The standard InChI is InChI=1S/C24H26N2O2S/c1-27-22-13-10-18(16-23(22)28-2)14-15-26-24(25)29-17-19-8-11-21(12-9-19)20-6-4-3-5-7-20/h3-13,16H,14-15,17H2,1-2H3,(H2,25,26). The van der Waals surface area contributed by atoms with Crippen LogP contribution < -0.4 is 15.2 Å². The minimum absolute atomic E-state index is 0.609. The second-order valence-corrected chi connectivity index (χ2v) is 7.51. The molecule has 0 heterocycles. The molecule has 29 heavy (non-hydrogen) atoms. The summed E-state index contributed by atoms with van der Waals surface area (Å²) in [7, 11) is 3.27. The number of aliphatic imine (C=N–C) groups is 1. The van der Waals surface area contributed by atoms with E-state index < -0.39 is 0 Å². The molecular formula is C24H26N2O2S. The van der Waals surface area contributed by atoms with Crippen LogP contribution in [0.4, 0.5) is 0 Å². The van der Waals surface area contributed by atoms with E-state index in [2.05, 4.69) is 53.5 Å². The quantitative estimate of drug-likeness (QED) is 0.415. The van der Waals surface area contributed by atoms with Gasteiger partial charge in [-0.25, -0.2) is 0 Å². The molecule has 0 saturated heterocycles. The van der Waals surface area contributed by atoms with Crippen LogP contribution in [0, 0.1) is 0 Å². The number of nitrogens with two attached hydrogens (primary N) is 1. The minimum Gasteiger partial charge on any atom is -0.493 e. The van der Waals surface area contributed by atoms with Crippen LogP contribution in [0.3, 0.4) is 0 Å². The lowest BCUT2D eigenvalue weighted by atomic mass is 10.0. The topological polar surface area (TPSA) is 56.8 Å². The SMILES string of the molecule is COc1ccc(CCN=C(N)SCc2ccc(-c3ccccc3)cc2)cc1OC. The number of ether oxygens (including phenoxy) is 2. The Hall–Kier alpha value is -2.92. The van der Waals surface area contributed by atoms with Crippen molar-refractivity contribution in [3.05, 3.63) is 83.9 Å². The zero-order chi connectivity index (χ0) is 20.5. The van der Waals surface area contributed by atoms with Gasteiger partial charge >= 0.3 is 0 Å². The van der Waals surface area contributed by atoms with E-state index in [4.69, 9.17) is 15.2 Å². The summed E-state index contributed by atoms with van der Waals surface area (Å²) in [4.78, 5) is 4.48. The Kier molecular flexibility index (Phi) is 7.59. The highest BCUT2D eigenvalue weighted by molar-refractivity contribution is 8.13. The van der Waals surface area contributed by atoms with Gasteiger partial charge in [0.2, 0.25) is 0 Å². The van der Waals surface area contributed by atoms with Crippen LogP contribution in [0.25, 0.3) is 11.1 Å². The molecule has 4 nitrogen and oxygen atoms in total. The average molecular weight is 407 g/mol. The van der Waals surface area contributed by atoms with E-state index in [9.17, 15) is 0 Å². The first-order valence-electron chi connectivity index (χ1n) is 9.47. The van der Waals surface area contributed by atoms with Crippen LogP contribution in [0.1, 0.15) is 11.1 Å². The molecule has 3 aromatic rings. The number of hydrogen-bond donors (Lipinski definition) is 1. The third-order valence-corrected chi connectivity index (χ3v) is 5.47. The molecule has 3 aromatic carbocycles. The molecule has 0 aliphatic rings. The summed E-state index contributed by atoms with van der Waals surface area (Å²) < 4.78 is 10.6. The molecule has 0 aromatic heterocycles.